The zero-order chi connectivity index (χ0) is 15.0. The molecule has 0 bridgehead atoms. The first-order valence-corrected chi connectivity index (χ1v) is 6.21. The number of aldehydes is 1. The van der Waals surface area contributed by atoms with Crippen molar-refractivity contribution in [3.63, 3.8) is 0 Å². The fourth-order valence-electron chi connectivity index (χ4n) is 2.20. The molecule has 6 heteroatoms. The number of hydrogen-bond donors (Lipinski definition) is 0. The molecule has 0 saturated carbocycles. The van der Waals surface area contributed by atoms with Crippen LogP contribution in [0.4, 0.5) is 4.39 Å². The van der Waals surface area contributed by atoms with Crippen LogP contribution in [-0.2, 0) is 0 Å². The molecular formula is C15H10FN3O2. The van der Waals surface area contributed by atoms with E-state index in [1.54, 1.807) is 25.3 Å². The average Bonchev–Trinajstić information content (AvgIpc) is 2.49. The molecule has 2 aromatic heterocycles. The van der Waals surface area contributed by atoms with Gasteiger partial charge in [-0.25, -0.2) is 9.37 Å². The van der Waals surface area contributed by atoms with Crippen LogP contribution in [0.2, 0.25) is 0 Å². The number of aromatic nitrogens is 3. The number of fused-ring (bicyclic) bond motifs is 1. The highest BCUT2D eigenvalue weighted by atomic mass is 19.1. The van der Waals surface area contributed by atoms with Crippen molar-refractivity contribution in [2.45, 2.75) is 6.92 Å². The number of rotatable bonds is 2. The summed E-state index contributed by atoms with van der Waals surface area (Å²) in [5.41, 5.74) is 0.794. The van der Waals surface area contributed by atoms with Gasteiger partial charge in [0, 0.05) is 6.20 Å². The third-order valence-electron chi connectivity index (χ3n) is 3.18. The van der Waals surface area contributed by atoms with Gasteiger partial charge in [0.05, 0.1) is 22.3 Å². The number of hydrogen-bond acceptors (Lipinski definition) is 4. The van der Waals surface area contributed by atoms with Crippen LogP contribution < -0.4 is 5.56 Å². The van der Waals surface area contributed by atoms with Gasteiger partial charge in [0.2, 0.25) is 0 Å². The maximum absolute atomic E-state index is 13.4. The standard InChI is InChI=1S/C15H10FN3O2/c1-9-13(3-2-6-17-9)19-14(8-20)18-12-5-4-10(16)7-11(12)15(19)21/h2-8H,1H3. The van der Waals surface area contributed by atoms with Crippen LogP contribution in [0, 0.1) is 12.7 Å². The Balaban J connectivity index is 2.47. The lowest BCUT2D eigenvalue weighted by molar-refractivity contribution is 0.111. The van der Waals surface area contributed by atoms with Crippen LogP contribution in [0.1, 0.15) is 16.3 Å². The number of nitrogens with zero attached hydrogens (tertiary/aromatic N) is 3. The normalized spacial score (nSPS) is 10.8. The Morgan fingerprint density at radius 3 is 2.81 bits per heavy atom. The lowest BCUT2D eigenvalue weighted by Crippen LogP contribution is -2.24. The molecule has 0 unspecified atom stereocenters. The Kier molecular flexibility index (Phi) is 3.06. The first-order chi connectivity index (χ1) is 10.1. The summed E-state index contributed by atoms with van der Waals surface area (Å²) < 4.78 is 14.5. The van der Waals surface area contributed by atoms with Crippen molar-refractivity contribution in [1.29, 1.82) is 0 Å². The molecule has 3 rings (SSSR count). The summed E-state index contributed by atoms with van der Waals surface area (Å²) in [6.45, 7) is 1.71. The molecule has 104 valence electrons. The third-order valence-corrected chi connectivity index (χ3v) is 3.18. The zero-order valence-electron chi connectivity index (χ0n) is 11.1. The summed E-state index contributed by atoms with van der Waals surface area (Å²) in [6.07, 6.45) is 2.08. The van der Waals surface area contributed by atoms with E-state index in [1.807, 2.05) is 0 Å². The van der Waals surface area contributed by atoms with Crippen molar-refractivity contribution in [2.75, 3.05) is 0 Å². The Morgan fingerprint density at radius 2 is 2.10 bits per heavy atom. The van der Waals surface area contributed by atoms with Gasteiger partial charge >= 0.3 is 0 Å². The summed E-state index contributed by atoms with van der Waals surface area (Å²) >= 11 is 0. The molecule has 0 saturated heterocycles. The molecule has 0 amide bonds. The Bertz CT molecular complexity index is 918. The van der Waals surface area contributed by atoms with E-state index >= 15 is 0 Å². The molecular weight excluding hydrogens is 273 g/mol. The SMILES string of the molecule is Cc1ncccc1-n1c(C=O)nc2ccc(F)cc2c1=O. The van der Waals surface area contributed by atoms with E-state index in [1.165, 1.54) is 12.1 Å². The van der Waals surface area contributed by atoms with Crippen molar-refractivity contribution in [1.82, 2.24) is 14.5 Å². The molecule has 5 nitrogen and oxygen atoms in total. The number of benzene rings is 1. The molecule has 0 radical (unpaired) electrons. The van der Waals surface area contributed by atoms with E-state index in [9.17, 15) is 14.0 Å². The zero-order valence-corrected chi connectivity index (χ0v) is 11.1. The topological polar surface area (TPSA) is 64.8 Å². The van der Waals surface area contributed by atoms with Gasteiger partial charge in [0.15, 0.2) is 12.1 Å². The van der Waals surface area contributed by atoms with Gasteiger partial charge in [-0.3, -0.25) is 19.1 Å². The highest BCUT2D eigenvalue weighted by Crippen LogP contribution is 2.15. The van der Waals surface area contributed by atoms with E-state index in [0.29, 0.717) is 17.7 Å². The molecule has 1 aromatic carbocycles. The smallest absolute Gasteiger partial charge is 0.266 e. The van der Waals surface area contributed by atoms with Crippen LogP contribution in [-0.4, -0.2) is 20.8 Å². The first kappa shape index (κ1) is 13.1. The Morgan fingerprint density at radius 1 is 1.29 bits per heavy atom. The highest BCUT2D eigenvalue weighted by molar-refractivity contribution is 5.82. The molecule has 3 aromatic rings. The largest absolute Gasteiger partial charge is 0.294 e. The van der Waals surface area contributed by atoms with Crippen LogP contribution in [0.15, 0.2) is 41.3 Å². The van der Waals surface area contributed by atoms with Crippen molar-refractivity contribution in [3.8, 4) is 5.69 Å². The summed E-state index contributed by atoms with van der Waals surface area (Å²) in [5, 5.41) is 0.115. The number of aryl methyl sites for hydroxylation is 1. The minimum Gasteiger partial charge on any atom is -0.294 e. The fraction of sp³-hybridized carbons (Fsp3) is 0.0667. The van der Waals surface area contributed by atoms with Gasteiger partial charge in [0.1, 0.15) is 5.82 Å². The Labute approximate surface area is 118 Å². The number of pyridine rings is 1. The van der Waals surface area contributed by atoms with E-state index in [4.69, 9.17) is 0 Å². The van der Waals surface area contributed by atoms with Crippen molar-refractivity contribution in [3.05, 3.63) is 64.2 Å². The lowest BCUT2D eigenvalue weighted by atomic mass is 10.2. The minimum atomic E-state index is -0.533. The molecule has 0 N–H and O–H groups in total. The summed E-state index contributed by atoms with van der Waals surface area (Å²) in [7, 11) is 0. The number of carbonyl (C=O) groups excluding carboxylic acids is 1. The Hall–Kier alpha value is -2.89. The average molecular weight is 283 g/mol. The lowest BCUT2D eigenvalue weighted by Gasteiger charge is -2.11. The van der Waals surface area contributed by atoms with Gasteiger partial charge in [-0.2, -0.15) is 0 Å². The number of halogens is 1. The van der Waals surface area contributed by atoms with Crippen molar-refractivity contribution < 1.29 is 9.18 Å². The maximum Gasteiger partial charge on any atom is 0.266 e. The first-order valence-electron chi connectivity index (χ1n) is 6.21. The van der Waals surface area contributed by atoms with E-state index in [2.05, 4.69) is 9.97 Å². The second-order valence-electron chi connectivity index (χ2n) is 4.50. The highest BCUT2D eigenvalue weighted by Gasteiger charge is 2.14. The summed E-state index contributed by atoms with van der Waals surface area (Å²) in [6, 6.07) is 6.99. The fourth-order valence-corrected chi connectivity index (χ4v) is 2.20. The van der Waals surface area contributed by atoms with Gasteiger partial charge < -0.3 is 0 Å². The predicted octanol–water partition coefficient (Wildman–Crippen LogP) is 2.04. The van der Waals surface area contributed by atoms with Gasteiger partial charge in [-0.05, 0) is 37.3 Å². The molecule has 0 aliphatic rings. The molecule has 0 atom stereocenters. The minimum absolute atomic E-state index is 0.0461. The van der Waals surface area contributed by atoms with Crippen LogP contribution in [0.5, 0.6) is 0 Å². The monoisotopic (exact) mass is 283 g/mol. The van der Waals surface area contributed by atoms with Crippen molar-refractivity contribution in [2.24, 2.45) is 0 Å². The van der Waals surface area contributed by atoms with Gasteiger partial charge in [-0.1, -0.05) is 0 Å². The third kappa shape index (κ3) is 2.10. The van der Waals surface area contributed by atoms with E-state index in [-0.39, 0.29) is 16.7 Å². The molecule has 21 heavy (non-hydrogen) atoms. The van der Waals surface area contributed by atoms with Crippen molar-refractivity contribution >= 4 is 17.2 Å². The molecule has 0 spiro atoms. The second-order valence-corrected chi connectivity index (χ2v) is 4.50. The predicted molar refractivity (Wildman–Crippen MR) is 75.2 cm³/mol. The second kappa shape index (κ2) is 4.90. The number of carbonyl (C=O) groups is 1. The van der Waals surface area contributed by atoms with E-state index < -0.39 is 11.4 Å². The molecule has 0 aliphatic carbocycles. The maximum atomic E-state index is 13.4. The quantitative estimate of drug-likeness (QED) is 0.675. The van der Waals surface area contributed by atoms with Crippen LogP contribution in [0.3, 0.4) is 0 Å². The summed E-state index contributed by atoms with van der Waals surface area (Å²) in [5.74, 6) is -0.579. The van der Waals surface area contributed by atoms with Gasteiger partial charge in [-0.15, -0.1) is 0 Å². The molecule has 2 heterocycles. The van der Waals surface area contributed by atoms with E-state index in [0.717, 1.165) is 10.6 Å². The van der Waals surface area contributed by atoms with Gasteiger partial charge in [0.25, 0.3) is 5.56 Å². The van der Waals surface area contributed by atoms with Crippen LogP contribution >= 0.6 is 0 Å². The van der Waals surface area contributed by atoms with Crippen LogP contribution in [0.25, 0.3) is 16.6 Å². The molecule has 0 fully saturated rings. The molecule has 0 aliphatic heterocycles. The summed E-state index contributed by atoms with van der Waals surface area (Å²) in [4.78, 5) is 32.0.